The lowest BCUT2D eigenvalue weighted by molar-refractivity contribution is -0.134. The quantitative estimate of drug-likeness (QED) is 0.696. The third-order valence-corrected chi connectivity index (χ3v) is 6.44. The molecule has 30 heavy (non-hydrogen) atoms. The van der Waals surface area contributed by atoms with E-state index in [9.17, 15) is 9.59 Å². The molecule has 2 aliphatic carbocycles. The normalized spacial score (nSPS) is 19.6. The number of carbonyl (C=O) groups is 2. The molecule has 5 rings (SSSR count). The maximum Gasteiger partial charge on any atom is 0.224 e. The van der Waals surface area contributed by atoms with E-state index in [1.54, 1.807) is 0 Å². The lowest BCUT2D eigenvalue weighted by Crippen LogP contribution is -2.36. The standard InChI is InChI=1S/C25H28N2O3/c28-24-14-8-18-16-20(11-12-22(18)26-24)30-15-3-6-25(29)27(19-9-10-19)23-13-7-17-4-1-2-5-21(17)23/h1-2,4-5,11-12,16,19,23H,3,6-10,13-15H2,(H,26,28). The number of fused-ring (bicyclic) bond motifs is 2. The molecule has 3 aliphatic rings. The maximum absolute atomic E-state index is 13.1. The Bertz CT molecular complexity index is 967. The van der Waals surface area contributed by atoms with Gasteiger partial charge in [0.15, 0.2) is 0 Å². The Morgan fingerprint density at radius 1 is 1.03 bits per heavy atom. The van der Waals surface area contributed by atoms with Crippen molar-refractivity contribution in [3.8, 4) is 5.75 Å². The van der Waals surface area contributed by atoms with Crippen LogP contribution in [-0.2, 0) is 22.4 Å². The van der Waals surface area contributed by atoms with Gasteiger partial charge < -0.3 is 15.0 Å². The van der Waals surface area contributed by atoms with Crippen molar-refractivity contribution in [3.63, 3.8) is 0 Å². The van der Waals surface area contributed by atoms with Crippen molar-refractivity contribution in [2.45, 2.75) is 63.5 Å². The molecule has 1 fully saturated rings. The van der Waals surface area contributed by atoms with Crippen LogP contribution in [0.3, 0.4) is 0 Å². The minimum atomic E-state index is 0.0692. The second-order valence-corrected chi connectivity index (χ2v) is 8.60. The van der Waals surface area contributed by atoms with Crippen LogP contribution in [0.1, 0.15) is 61.3 Å². The summed E-state index contributed by atoms with van der Waals surface area (Å²) in [6.45, 7) is 0.524. The monoisotopic (exact) mass is 404 g/mol. The fourth-order valence-electron chi connectivity index (χ4n) is 4.80. The number of nitrogens with zero attached hydrogens (tertiary/aromatic N) is 1. The van der Waals surface area contributed by atoms with E-state index < -0.39 is 0 Å². The first kappa shape index (κ1) is 19.2. The molecule has 1 aliphatic heterocycles. The van der Waals surface area contributed by atoms with Crippen LogP contribution in [-0.4, -0.2) is 29.4 Å². The van der Waals surface area contributed by atoms with Crippen molar-refractivity contribution in [3.05, 3.63) is 59.2 Å². The fourth-order valence-corrected chi connectivity index (χ4v) is 4.80. The van der Waals surface area contributed by atoms with Crippen molar-refractivity contribution >= 4 is 17.5 Å². The predicted octanol–water partition coefficient (Wildman–Crippen LogP) is 4.41. The lowest BCUT2D eigenvalue weighted by atomic mass is 10.0. The molecular weight excluding hydrogens is 376 g/mol. The molecule has 1 N–H and O–H groups in total. The van der Waals surface area contributed by atoms with E-state index in [4.69, 9.17) is 4.74 Å². The highest BCUT2D eigenvalue weighted by Gasteiger charge is 2.39. The number of nitrogens with one attached hydrogen (secondary N) is 1. The number of benzene rings is 2. The zero-order valence-corrected chi connectivity index (χ0v) is 17.2. The Balaban J connectivity index is 1.16. The maximum atomic E-state index is 13.1. The molecule has 1 unspecified atom stereocenters. The average Bonchev–Trinajstić information content (AvgIpc) is 3.51. The summed E-state index contributed by atoms with van der Waals surface area (Å²) in [4.78, 5) is 26.7. The van der Waals surface area contributed by atoms with E-state index in [-0.39, 0.29) is 17.9 Å². The highest BCUT2D eigenvalue weighted by Crippen LogP contribution is 2.42. The summed E-state index contributed by atoms with van der Waals surface area (Å²) in [6.07, 6.45) is 6.88. The van der Waals surface area contributed by atoms with Crippen LogP contribution in [0, 0.1) is 0 Å². The summed E-state index contributed by atoms with van der Waals surface area (Å²) >= 11 is 0. The number of anilines is 1. The van der Waals surface area contributed by atoms with Crippen molar-refractivity contribution in [1.29, 1.82) is 0 Å². The van der Waals surface area contributed by atoms with E-state index in [2.05, 4.69) is 34.5 Å². The third-order valence-electron chi connectivity index (χ3n) is 6.44. The molecule has 0 spiro atoms. The van der Waals surface area contributed by atoms with Gasteiger partial charge in [-0.05, 0) is 73.4 Å². The Labute approximate surface area is 177 Å². The van der Waals surface area contributed by atoms with Crippen LogP contribution in [0.25, 0.3) is 0 Å². The summed E-state index contributed by atoms with van der Waals surface area (Å²) in [5.74, 6) is 1.14. The Morgan fingerprint density at radius 2 is 1.90 bits per heavy atom. The van der Waals surface area contributed by atoms with Crippen LogP contribution in [0.2, 0.25) is 0 Å². The molecule has 2 aromatic carbocycles. The highest BCUT2D eigenvalue weighted by atomic mass is 16.5. The molecule has 0 radical (unpaired) electrons. The minimum Gasteiger partial charge on any atom is -0.494 e. The molecule has 0 saturated heterocycles. The van der Waals surface area contributed by atoms with E-state index in [1.165, 1.54) is 11.1 Å². The van der Waals surface area contributed by atoms with Crippen LogP contribution in [0.5, 0.6) is 5.75 Å². The third kappa shape index (κ3) is 3.93. The smallest absolute Gasteiger partial charge is 0.224 e. The Hall–Kier alpha value is -2.82. The van der Waals surface area contributed by atoms with Gasteiger partial charge in [-0.1, -0.05) is 24.3 Å². The van der Waals surface area contributed by atoms with Crippen LogP contribution >= 0.6 is 0 Å². The molecule has 1 atom stereocenters. The summed E-state index contributed by atoms with van der Waals surface area (Å²) in [5.41, 5.74) is 4.73. The van der Waals surface area contributed by atoms with Crippen molar-refractivity contribution in [2.24, 2.45) is 0 Å². The van der Waals surface area contributed by atoms with Gasteiger partial charge in [-0.15, -0.1) is 0 Å². The van der Waals surface area contributed by atoms with Crippen LogP contribution < -0.4 is 10.1 Å². The summed E-state index contributed by atoms with van der Waals surface area (Å²) < 4.78 is 5.90. The van der Waals surface area contributed by atoms with Gasteiger partial charge in [0.2, 0.25) is 11.8 Å². The number of rotatable bonds is 7. The molecule has 156 valence electrons. The van der Waals surface area contributed by atoms with Gasteiger partial charge in [0.1, 0.15) is 5.75 Å². The topological polar surface area (TPSA) is 58.6 Å². The van der Waals surface area contributed by atoms with Gasteiger partial charge in [0.05, 0.1) is 12.6 Å². The molecular formula is C25H28N2O3. The number of carbonyl (C=O) groups excluding carboxylic acids is 2. The van der Waals surface area contributed by atoms with Gasteiger partial charge >= 0.3 is 0 Å². The Kier molecular flexibility index (Phi) is 5.19. The van der Waals surface area contributed by atoms with E-state index >= 15 is 0 Å². The summed E-state index contributed by atoms with van der Waals surface area (Å²) in [6, 6.07) is 15.0. The molecule has 0 bridgehead atoms. The second-order valence-electron chi connectivity index (χ2n) is 8.60. The van der Waals surface area contributed by atoms with Gasteiger partial charge in [0.25, 0.3) is 0 Å². The zero-order chi connectivity index (χ0) is 20.5. The molecule has 0 aromatic heterocycles. The van der Waals surface area contributed by atoms with Gasteiger partial charge in [0, 0.05) is 24.6 Å². The first-order valence-electron chi connectivity index (χ1n) is 11.1. The van der Waals surface area contributed by atoms with Gasteiger partial charge in [-0.2, -0.15) is 0 Å². The fraction of sp³-hybridized carbons (Fsp3) is 0.440. The molecule has 1 saturated carbocycles. The summed E-state index contributed by atoms with van der Waals surface area (Å²) in [5, 5.41) is 2.89. The van der Waals surface area contributed by atoms with E-state index in [0.29, 0.717) is 31.9 Å². The van der Waals surface area contributed by atoms with Crippen molar-refractivity contribution < 1.29 is 14.3 Å². The number of amides is 2. The Morgan fingerprint density at radius 3 is 2.77 bits per heavy atom. The summed E-state index contributed by atoms with van der Waals surface area (Å²) in [7, 11) is 0. The largest absolute Gasteiger partial charge is 0.494 e. The molecule has 5 nitrogen and oxygen atoms in total. The van der Waals surface area contributed by atoms with E-state index in [1.807, 2.05) is 18.2 Å². The zero-order valence-electron chi connectivity index (χ0n) is 17.2. The molecule has 2 aromatic rings. The van der Waals surface area contributed by atoms with Gasteiger partial charge in [-0.25, -0.2) is 0 Å². The first-order valence-corrected chi connectivity index (χ1v) is 11.1. The number of hydrogen-bond acceptors (Lipinski definition) is 3. The highest BCUT2D eigenvalue weighted by molar-refractivity contribution is 5.94. The minimum absolute atomic E-state index is 0.0692. The molecule has 5 heteroatoms. The molecule has 2 amide bonds. The van der Waals surface area contributed by atoms with Crippen LogP contribution in [0.15, 0.2) is 42.5 Å². The average molecular weight is 405 g/mol. The van der Waals surface area contributed by atoms with E-state index in [0.717, 1.165) is 49.1 Å². The predicted molar refractivity (Wildman–Crippen MR) is 115 cm³/mol. The number of hydrogen-bond donors (Lipinski definition) is 1. The van der Waals surface area contributed by atoms with Crippen LogP contribution in [0.4, 0.5) is 5.69 Å². The molecule has 1 heterocycles. The van der Waals surface area contributed by atoms with Gasteiger partial charge in [-0.3, -0.25) is 9.59 Å². The van der Waals surface area contributed by atoms with Crippen molar-refractivity contribution in [2.75, 3.05) is 11.9 Å². The SMILES string of the molecule is O=C1CCc2cc(OCCCC(=O)N(C3CC3)C3CCc4ccccc43)ccc2N1. The van der Waals surface area contributed by atoms with Crippen molar-refractivity contribution in [1.82, 2.24) is 4.90 Å². The lowest BCUT2D eigenvalue weighted by Gasteiger charge is -2.30. The first-order chi connectivity index (χ1) is 14.7. The second kappa shape index (κ2) is 8.13. The number of ether oxygens (including phenoxy) is 1. The number of aryl methyl sites for hydroxylation is 2.